The molecule has 2 rings (SSSR count). The van der Waals surface area contributed by atoms with Gasteiger partial charge in [0, 0.05) is 45.8 Å². The minimum absolute atomic E-state index is 0.586. The fourth-order valence-corrected chi connectivity index (χ4v) is 3.87. The summed E-state index contributed by atoms with van der Waals surface area (Å²) < 4.78 is 5.39. The highest BCUT2D eigenvalue weighted by Crippen LogP contribution is 2.27. The summed E-state index contributed by atoms with van der Waals surface area (Å²) in [6, 6.07) is 0.586. The van der Waals surface area contributed by atoms with Crippen molar-refractivity contribution in [1.82, 2.24) is 20.4 Å². The Hall–Kier alpha value is -0.850. The highest BCUT2D eigenvalue weighted by molar-refractivity contribution is 5.79. The Bertz CT molecular complexity index is 362. The highest BCUT2D eigenvalue weighted by Gasteiger charge is 2.25. The average molecular weight is 340 g/mol. The molecule has 1 heterocycles. The van der Waals surface area contributed by atoms with Gasteiger partial charge in [-0.15, -0.1) is 0 Å². The van der Waals surface area contributed by atoms with Crippen molar-refractivity contribution in [3.63, 3.8) is 0 Å². The van der Waals surface area contributed by atoms with Gasteiger partial charge in [-0.25, -0.2) is 0 Å². The number of rotatable bonds is 7. The van der Waals surface area contributed by atoms with Crippen LogP contribution in [0.4, 0.5) is 0 Å². The van der Waals surface area contributed by atoms with Crippen LogP contribution in [-0.4, -0.2) is 88.9 Å². The van der Waals surface area contributed by atoms with Crippen molar-refractivity contribution < 1.29 is 4.74 Å². The lowest BCUT2D eigenvalue weighted by Crippen LogP contribution is -2.49. The topological polar surface area (TPSA) is 52.1 Å². The molecule has 0 aromatic heterocycles. The van der Waals surface area contributed by atoms with Gasteiger partial charge in [0.15, 0.2) is 5.96 Å². The van der Waals surface area contributed by atoms with E-state index in [2.05, 4.69) is 39.5 Å². The van der Waals surface area contributed by atoms with Gasteiger partial charge in [-0.1, -0.05) is 19.3 Å². The lowest BCUT2D eigenvalue weighted by molar-refractivity contribution is 0.0389. The number of aliphatic imine (C=N–C) groups is 1. The maximum atomic E-state index is 5.39. The van der Waals surface area contributed by atoms with Crippen LogP contribution < -0.4 is 10.6 Å². The molecule has 1 saturated heterocycles. The Balaban J connectivity index is 1.70. The number of ether oxygens (including phenoxy) is 1. The molecule has 0 amide bonds. The van der Waals surface area contributed by atoms with Crippen LogP contribution in [0.25, 0.3) is 0 Å². The van der Waals surface area contributed by atoms with Gasteiger partial charge in [0.2, 0.25) is 0 Å². The zero-order valence-corrected chi connectivity index (χ0v) is 15.9. The average Bonchev–Trinajstić information content (AvgIpc) is 2.62. The third kappa shape index (κ3) is 6.57. The molecule has 2 N–H and O–H groups in total. The molecule has 1 saturated carbocycles. The summed E-state index contributed by atoms with van der Waals surface area (Å²) >= 11 is 0. The van der Waals surface area contributed by atoms with E-state index in [0.29, 0.717) is 6.04 Å². The fourth-order valence-electron chi connectivity index (χ4n) is 3.87. The molecular weight excluding hydrogens is 302 g/mol. The van der Waals surface area contributed by atoms with Crippen LogP contribution in [0.3, 0.4) is 0 Å². The Morgan fingerprint density at radius 1 is 1.17 bits per heavy atom. The molecule has 1 unspecified atom stereocenters. The Labute approximate surface area is 148 Å². The molecule has 0 aromatic carbocycles. The van der Waals surface area contributed by atoms with E-state index >= 15 is 0 Å². The smallest absolute Gasteiger partial charge is 0.191 e. The Morgan fingerprint density at radius 2 is 1.88 bits per heavy atom. The molecule has 0 bridgehead atoms. The van der Waals surface area contributed by atoms with Crippen LogP contribution in [0.5, 0.6) is 0 Å². The van der Waals surface area contributed by atoms with Gasteiger partial charge in [0.1, 0.15) is 0 Å². The molecule has 6 heteroatoms. The third-order valence-electron chi connectivity index (χ3n) is 5.38. The molecular formula is C18H37N5O. The first-order chi connectivity index (χ1) is 11.7. The van der Waals surface area contributed by atoms with Crippen LogP contribution in [0.2, 0.25) is 0 Å². The van der Waals surface area contributed by atoms with Crippen molar-refractivity contribution in [1.29, 1.82) is 0 Å². The van der Waals surface area contributed by atoms with Crippen LogP contribution >= 0.6 is 0 Å². The van der Waals surface area contributed by atoms with Gasteiger partial charge in [-0.2, -0.15) is 0 Å². The largest absolute Gasteiger partial charge is 0.379 e. The van der Waals surface area contributed by atoms with E-state index in [0.717, 1.165) is 57.8 Å². The molecule has 2 fully saturated rings. The second kappa shape index (κ2) is 10.9. The van der Waals surface area contributed by atoms with Gasteiger partial charge in [0.05, 0.1) is 13.2 Å². The fraction of sp³-hybridized carbons (Fsp3) is 0.944. The van der Waals surface area contributed by atoms with E-state index < -0.39 is 0 Å². The predicted octanol–water partition coefficient (Wildman–Crippen LogP) is 0.994. The molecule has 2 aliphatic rings. The van der Waals surface area contributed by atoms with Gasteiger partial charge in [0.25, 0.3) is 0 Å². The van der Waals surface area contributed by atoms with Crippen LogP contribution in [0, 0.1) is 5.92 Å². The first kappa shape index (κ1) is 19.5. The van der Waals surface area contributed by atoms with Gasteiger partial charge < -0.3 is 20.3 Å². The summed E-state index contributed by atoms with van der Waals surface area (Å²) in [7, 11) is 6.26. The van der Waals surface area contributed by atoms with E-state index in [9.17, 15) is 0 Å². The molecule has 0 spiro atoms. The van der Waals surface area contributed by atoms with Crippen LogP contribution in [0.15, 0.2) is 4.99 Å². The number of nitrogens with one attached hydrogen (secondary N) is 2. The van der Waals surface area contributed by atoms with Crippen LogP contribution in [0.1, 0.15) is 32.1 Å². The quantitative estimate of drug-likeness (QED) is 0.535. The Morgan fingerprint density at radius 3 is 2.50 bits per heavy atom. The number of nitrogens with zero attached hydrogens (tertiary/aromatic N) is 3. The first-order valence-corrected chi connectivity index (χ1v) is 9.61. The van der Waals surface area contributed by atoms with E-state index in [4.69, 9.17) is 4.74 Å². The Kier molecular flexibility index (Phi) is 8.84. The normalized spacial score (nSPS) is 22.6. The van der Waals surface area contributed by atoms with Gasteiger partial charge in [-0.05, 0) is 32.9 Å². The number of hydrogen-bond donors (Lipinski definition) is 2. The summed E-state index contributed by atoms with van der Waals surface area (Å²) in [6.07, 6.45) is 6.93. The number of guanidine groups is 1. The second-order valence-electron chi connectivity index (χ2n) is 7.26. The first-order valence-electron chi connectivity index (χ1n) is 9.61. The summed E-state index contributed by atoms with van der Waals surface area (Å²) in [5, 5.41) is 6.99. The van der Waals surface area contributed by atoms with E-state index in [-0.39, 0.29) is 0 Å². The molecule has 24 heavy (non-hydrogen) atoms. The zero-order chi connectivity index (χ0) is 17.2. The monoisotopic (exact) mass is 339 g/mol. The number of likely N-dealkylation sites (N-methyl/N-ethyl adjacent to an activating group) is 1. The minimum Gasteiger partial charge on any atom is -0.379 e. The van der Waals surface area contributed by atoms with E-state index in [1.807, 2.05) is 7.05 Å². The van der Waals surface area contributed by atoms with Crippen molar-refractivity contribution in [2.75, 3.05) is 67.1 Å². The SMILES string of the molecule is CN=C(NCCN1CCOCC1)NCC(C1CCCCC1)N(C)C. The molecule has 140 valence electrons. The lowest BCUT2D eigenvalue weighted by atomic mass is 9.83. The molecule has 0 radical (unpaired) electrons. The summed E-state index contributed by atoms with van der Waals surface area (Å²) in [4.78, 5) is 9.20. The summed E-state index contributed by atoms with van der Waals surface area (Å²) in [6.45, 7) is 6.74. The molecule has 1 atom stereocenters. The van der Waals surface area contributed by atoms with Gasteiger partial charge in [-0.3, -0.25) is 9.89 Å². The molecule has 0 aromatic rings. The van der Waals surface area contributed by atoms with Crippen molar-refractivity contribution >= 4 is 5.96 Å². The lowest BCUT2D eigenvalue weighted by Gasteiger charge is -2.35. The summed E-state index contributed by atoms with van der Waals surface area (Å²) in [5.74, 6) is 1.73. The summed E-state index contributed by atoms with van der Waals surface area (Å²) in [5.41, 5.74) is 0. The standard InChI is InChI=1S/C18H37N5O/c1-19-18(20-9-10-23-11-13-24-14-12-23)21-15-17(22(2)3)16-7-5-4-6-8-16/h16-17H,4-15H2,1-3H3,(H2,19,20,21). The van der Waals surface area contributed by atoms with Crippen molar-refractivity contribution in [2.45, 2.75) is 38.1 Å². The number of hydrogen-bond acceptors (Lipinski definition) is 4. The van der Waals surface area contributed by atoms with E-state index in [1.54, 1.807) is 0 Å². The molecule has 1 aliphatic carbocycles. The third-order valence-corrected chi connectivity index (χ3v) is 5.38. The minimum atomic E-state index is 0.586. The number of morpholine rings is 1. The van der Waals surface area contributed by atoms with Crippen LogP contribution in [-0.2, 0) is 4.74 Å². The van der Waals surface area contributed by atoms with Gasteiger partial charge >= 0.3 is 0 Å². The highest BCUT2D eigenvalue weighted by atomic mass is 16.5. The zero-order valence-electron chi connectivity index (χ0n) is 15.9. The second-order valence-corrected chi connectivity index (χ2v) is 7.26. The maximum Gasteiger partial charge on any atom is 0.191 e. The predicted molar refractivity (Wildman–Crippen MR) is 101 cm³/mol. The van der Waals surface area contributed by atoms with E-state index in [1.165, 1.54) is 32.1 Å². The molecule has 1 aliphatic heterocycles. The van der Waals surface area contributed by atoms with Crippen molar-refractivity contribution in [3.05, 3.63) is 0 Å². The maximum absolute atomic E-state index is 5.39. The molecule has 6 nitrogen and oxygen atoms in total. The van der Waals surface area contributed by atoms with Crippen molar-refractivity contribution in [3.8, 4) is 0 Å². The van der Waals surface area contributed by atoms with Crippen molar-refractivity contribution in [2.24, 2.45) is 10.9 Å².